The van der Waals surface area contributed by atoms with Gasteiger partial charge in [0.25, 0.3) is 0 Å². The third-order valence-corrected chi connectivity index (χ3v) is 1.18. The molecule has 0 saturated carbocycles. The molecule has 1 heterocycles. The molecule has 4 heteroatoms. The van der Waals surface area contributed by atoms with Gasteiger partial charge in [0, 0.05) is 0 Å². The van der Waals surface area contributed by atoms with Crippen molar-refractivity contribution in [2.75, 3.05) is 13.2 Å². The van der Waals surface area contributed by atoms with E-state index in [-0.39, 0.29) is 13.2 Å². The van der Waals surface area contributed by atoms with E-state index in [2.05, 4.69) is 10.5 Å². The topological polar surface area (TPSA) is 35.2 Å². The van der Waals surface area contributed by atoms with Crippen LogP contribution in [0, 0.1) is 5.92 Å². The zero-order valence-electron chi connectivity index (χ0n) is 4.23. The fraction of sp³-hybridized carbons (Fsp3) is 1.00. The average Bonchev–Trinajstić information content (AvgIpc) is 1.16. The van der Waals surface area contributed by atoms with Gasteiger partial charge in [-0.2, -0.15) is 8.78 Å². The van der Waals surface area contributed by atoms with Gasteiger partial charge in [-0.1, -0.05) is 0 Å². The third-order valence-electron chi connectivity index (χ3n) is 1.18. The van der Waals surface area contributed by atoms with E-state index in [0.717, 1.165) is 0 Å². The molecule has 2 nitrogen and oxygen atoms in total. The van der Waals surface area contributed by atoms with E-state index >= 15 is 0 Å². The summed E-state index contributed by atoms with van der Waals surface area (Å²) in [5.74, 6) is -0.748. The lowest BCUT2D eigenvalue weighted by molar-refractivity contribution is -0.166. The van der Waals surface area contributed by atoms with Gasteiger partial charge in [-0.3, -0.25) is 5.73 Å². The third kappa shape index (κ3) is 0.952. The monoisotopic (exact) mass is 123 g/mol. The molecule has 48 valence electrons. The molecule has 0 aromatic rings. The van der Waals surface area contributed by atoms with Crippen molar-refractivity contribution < 1.29 is 13.5 Å². The van der Waals surface area contributed by atoms with Gasteiger partial charge in [-0.15, -0.1) is 0 Å². The second-order valence-electron chi connectivity index (χ2n) is 1.91. The number of rotatable bonds is 1. The molecule has 0 aromatic heterocycles. The van der Waals surface area contributed by atoms with E-state index in [4.69, 9.17) is 0 Å². The molecule has 1 saturated heterocycles. The predicted molar refractivity (Wildman–Crippen MR) is 23.4 cm³/mol. The Labute approximate surface area is 45.6 Å². The van der Waals surface area contributed by atoms with Gasteiger partial charge in [0.1, 0.15) is 0 Å². The zero-order valence-corrected chi connectivity index (χ0v) is 4.23. The van der Waals surface area contributed by atoms with Gasteiger partial charge in [-0.25, -0.2) is 0 Å². The van der Waals surface area contributed by atoms with Crippen LogP contribution in [0.2, 0.25) is 0 Å². The van der Waals surface area contributed by atoms with E-state index in [1.54, 1.807) is 0 Å². The molecule has 0 aliphatic carbocycles. The highest BCUT2D eigenvalue weighted by molar-refractivity contribution is 4.75. The molecule has 0 bridgehead atoms. The van der Waals surface area contributed by atoms with Crippen LogP contribution < -0.4 is 5.73 Å². The lowest BCUT2D eigenvalue weighted by atomic mass is 10.1. The smallest absolute Gasteiger partial charge is 0.307 e. The second kappa shape index (κ2) is 1.63. The van der Waals surface area contributed by atoms with Gasteiger partial charge in [-0.05, 0) is 0 Å². The molecule has 8 heavy (non-hydrogen) atoms. The first kappa shape index (κ1) is 5.91. The first-order chi connectivity index (χ1) is 3.61. The number of hydrogen-bond acceptors (Lipinski definition) is 2. The van der Waals surface area contributed by atoms with Crippen LogP contribution in [0.25, 0.3) is 0 Å². The van der Waals surface area contributed by atoms with Crippen molar-refractivity contribution >= 4 is 0 Å². The maximum atomic E-state index is 11.9. The van der Waals surface area contributed by atoms with E-state index in [9.17, 15) is 8.78 Å². The number of nitrogens with two attached hydrogens (primary N) is 1. The van der Waals surface area contributed by atoms with Crippen molar-refractivity contribution in [1.82, 2.24) is 0 Å². The Bertz CT molecular complexity index is 86.5. The zero-order chi connectivity index (χ0) is 6.20. The van der Waals surface area contributed by atoms with Crippen LogP contribution in [0.3, 0.4) is 0 Å². The van der Waals surface area contributed by atoms with Crippen molar-refractivity contribution in [1.29, 1.82) is 0 Å². The lowest BCUT2D eigenvalue weighted by Crippen LogP contribution is -2.48. The fourth-order valence-corrected chi connectivity index (χ4v) is 0.458. The van der Waals surface area contributed by atoms with E-state index in [1.165, 1.54) is 0 Å². The van der Waals surface area contributed by atoms with Crippen molar-refractivity contribution in [3.63, 3.8) is 0 Å². The fourth-order valence-electron chi connectivity index (χ4n) is 0.458. The summed E-state index contributed by atoms with van der Waals surface area (Å²) in [6.07, 6.45) is 0. The minimum atomic E-state index is -3.03. The molecule has 0 aromatic carbocycles. The Morgan fingerprint density at radius 1 is 1.50 bits per heavy atom. The number of alkyl halides is 2. The second-order valence-corrected chi connectivity index (χ2v) is 1.91. The summed E-state index contributed by atoms with van der Waals surface area (Å²) in [7, 11) is 0. The number of ether oxygens (including phenoxy) is 1. The summed E-state index contributed by atoms with van der Waals surface area (Å²) in [6, 6.07) is -3.03. The van der Waals surface area contributed by atoms with E-state index in [0.29, 0.717) is 0 Å². The number of hydrogen-bond donors (Lipinski definition) is 1. The van der Waals surface area contributed by atoms with Crippen molar-refractivity contribution in [3.8, 4) is 0 Å². The van der Waals surface area contributed by atoms with E-state index < -0.39 is 12.0 Å². The van der Waals surface area contributed by atoms with Gasteiger partial charge >= 0.3 is 6.05 Å². The van der Waals surface area contributed by atoms with Gasteiger partial charge in [0.15, 0.2) is 0 Å². The van der Waals surface area contributed by atoms with Gasteiger partial charge in [0.05, 0.1) is 19.1 Å². The van der Waals surface area contributed by atoms with Crippen LogP contribution in [0.4, 0.5) is 8.78 Å². The quantitative estimate of drug-likeness (QED) is 0.505. The summed E-state index contributed by atoms with van der Waals surface area (Å²) < 4.78 is 28.2. The Morgan fingerprint density at radius 2 is 2.00 bits per heavy atom. The summed E-state index contributed by atoms with van der Waals surface area (Å²) in [5, 5.41) is 0. The normalized spacial score (nSPS) is 22.9. The van der Waals surface area contributed by atoms with Crippen LogP contribution in [0.15, 0.2) is 0 Å². The van der Waals surface area contributed by atoms with Crippen molar-refractivity contribution in [2.45, 2.75) is 6.05 Å². The highest BCUT2D eigenvalue weighted by Crippen LogP contribution is 2.24. The first-order valence-electron chi connectivity index (χ1n) is 2.35. The Morgan fingerprint density at radius 3 is 2.00 bits per heavy atom. The maximum Gasteiger partial charge on any atom is 0.307 e. The molecule has 2 N–H and O–H groups in total. The molecule has 0 spiro atoms. The minimum Gasteiger partial charge on any atom is -0.380 e. The molecule has 1 aliphatic rings. The largest absolute Gasteiger partial charge is 0.380 e. The van der Waals surface area contributed by atoms with Crippen molar-refractivity contribution in [3.05, 3.63) is 0 Å². The average molecular weight is 123 g/mol. The predicted octanol–water partition coefficient (Wildman–Crippen LogP) is 0.184. The van der Waals surface area contributed by atoms with Crippen LogP contribution >= 0.6 is 0 Å². The van der Waals surface area contributed by atoms with Crippen LogP contribution in [-0.2, 0) is 4.74 Å². The first-order valence-corrected chi connectivity index (χ1v) is 2.35. The molecule has 1 rings (SSSR count). The number of halogens is 2. The van der Waals surface area contributed by atoms with Crippen LogP contribution in [0.1, 0.15) is 0 Å². The molecule has 0 unspecified atom stereocenters. The molecule has 0 radical (unpaired) electrons. The minimum absolute atomic E-state index is 0.101. The van der Waals surface area contributed by atoms with Crippen LogP contribution in [0.5, 0.6) is 0 Å². The van der Waals surface area contributed by atoms with Gasteiger partial charge in [0.2, 0.25) is 0 Å². The standard InChI is InChI=1S/C4H7F2NO/c5-4(6,7)3-1-8-2-3/h3H,1-2,7H2. The lowest BCUT2D eigenvalue weighted by Gasteiger charge is -2.30. The molecule has 0 atom stereocenters. The SMILES string of the molecule is NC(F)(F)C1COC1. The maximum absolute atomic E-state index is 11.9. The highest BCUT2D eigenvalue weighted by Gasteiger charge is 2.40. The van der Waals surface area contributed by atoms with E-state index in [1.807, 2.05) is 0 Å². The Kier molecular flexibility index (Phi) is 1.21. The van der Waals surface area contributed by atoms with Crippen molar-refractivity contribution in [2.24, 2.45) is 11.7 Å². The molecule has 1 aliphatic heterocycles. The molecular formula is C4H7F2NO. The Balaban J connectivity index is 2.34. The summed E-state index contributed by atoms with van der Waals surface area (Å²) >= 11 is 0. The Hall–Kier alpha value is -0.220. The van der Waals surface area contributed by atoms with Gasteiger partial charge < -0.3 is 4.74 Å². The summed E-state index contributed by atoms with van der Waals surface area (Å²) in [6.45, 7) is 0.201. The summed E-state index contributed by atoms with van der Waals surface area (Å²) in [4.78, 5) is 0. The van der Waals surface area contributed by atoms with Crippen LogP contribution in [-0.4, -0.2) is 19.3 Å². The molecule has 0 amide bonds. The molecular weight excluding hydrogens is 116 g/mol. The highest BCUT2D eigenvalue weighted by atomic mass is 19.3. The summed E-state index contributed by atoms with van der Waals surface area (Å²) in [5.41, 5.74) is 4.43. The molecule has 1 fully saturated rings.